The molecule has 1 heterocycles. The summed E-state index contributed by atoms with van der Waals surface area (Å²) in [6, 6.07) is 3.11. The number of carboxylic acids is 1. The number of hydrogen-bond acceptors (Lipinski definition) is 8. The highest BCUT2D eigenvalue weighted by atomic mass is 79.9. The van der Waals surface area contributed by atoms with E-state index in [2.05, 4.69) is 15.9 Å². The molecule has 1 fully saturated rings. The molecule has 156 valence electrons. The number of carbonyl (C=O) groups is 4. The molecule has 0 aromatic heterocycles. The lowest BCUT2D eigenvalue weighted by atomic mass is 10.2. The number of rotatable bonds is 8. The molecule has 0 radical (unpaired) electrons. The lowest BCUT2D eigenvalue weighted by Gasteiger charge is -2.13. The smallest absolute Gasteiger partial charge is 0.341 e. The van der Waals surface area contributed by atoms with E-state index in [0.29, 0.717) is 21.8 Å². The van der Waals surface area contributed by atoms with E-state index in [0.717, 1.165) is 4.90 Å². The third-order valence-electron chi connectivity index (χ3n) is 3.42. The number of thioether (sulfide) groups is 1. The van der Waals surface area contributed by atoms with E-state index >= 15 is 0 Å². The third kappa shape index (κ3) is 5.97. The molecule has 9 nitrogen and oxygen atoms in total. The minimum Gasteiger partial charge on any atom is -0.493 e. The number of carbonyl (C=O) groups excluding carboxylic acids is 3. The van der Waals surface area contributed by atoms with Crippen LogP contribution in [0.5, 0.6) is 11.5 Å². The fourth-order valence-corrected chi connectivity index (χ4v) is 3.73. The molecule has 0 saturated carbocycles. The first-order valence-electron chi connectivity index (χ1n) is 8.29. The zero-order chi connectivity index (χ0) is 21.7. The monoisotopic (exact) mass is 487 g/mol. The van der Waals surface area contributed by atoms with Crippen LogP contribution in [-0.2, 0) is 19.1 Å². The summed E-state index contributed by atoms with van der Waals surface area (Å²) in [7, 11) is 1.38. The van der Waals surface area contributed by atoms with Crippen molar-refractivity contribution in [3.63, 3.8) is 0 Å². The molecule has 29 heavy (non-hydrogen) atoms. The maximum Gasteiger partial charge on any atom is 0.341 e. The van der Waals surface area contributed by atoms with Crippen LogP contribution >= 0.6 is 27.7 Å². The second-order valence-electron chi connectivity index (χ2n) is 6.02. The van der Waals surface area contributed by atoms with E-state index in [-0.39, 0.29) is 22.5 Å². The van der Waals surface area contributed by atoms with Crippen LogP contribution in [-0.4, -0.2) is 59.5 Å². The number of methoxy groups -OCH3 is 1. The van der Waals surface area contributed by atoms with Gasteiger partial charge in [0.25, 0.3) is 11.1 Å². The Hall–Kier alpha value is -2.53. The molecule has 1 N–H and O–H groups in total. The van der Waals surface area contributed by atoms with Crippen molar-refractivity contribution < 1.29 is 38.5 Å². The van der Waals surface area contributed by atoms with Crippen molar-refractivity contribution >= 4 is 56.9 Å². The fourth-order valence-electron chi connectivity index (χ4n) is 2.31. The first kappa shape index (κ1) is 22.8. The first-order chi connectivity index (χ1) is 13.6. The van der Waals surface area contributed by atoms with Gasteiger partial charge in [0.15, 0.2) is 18.1 Å². The van der Waals surface area contributed by atoms with Gasteiger partial charge in [0.2, 0.25) is 0 Å². The molecule has 2 amide bonds. The average Bonchev–Trinajstić information content (AvgIpc) is 2.87. The van der Waals surface area contributed by atoms with E-state index in [9.17, 15) is 19.2 Å². The first-order valence-corrected chi connectivity index (χ1v) is 9.90. The van der Waals surface area contributed by atoms with Crippen molar-refractivity contribution in [2.24, 2.45) is 0 Å². The Morgan fingerprint density at radius 2 is 2.00 bits per heavy atom. The number of esters is 1. The van der Waals surface area contributed by atoms with E-state index in [1.54, 1.807) is 19.9 Å². The fraction of sp³-hybridized carbons (Fsp3) is 0.333. The average molecular weight is 488 g/mol. The van der Waals surface area contributed by atoms with Gasteiger partial charge >= 0.3 is 11.9 Å². The zero-order valence-electron chi connectivity index (χ0n) is 15.8. The van der Waals surface area contributed by atoms with Crippen LogP contribution in [0.25, 0.3) is 6.08 Å². The summed E-state index contributed by atoms with van der Waals surface area (Å²) >= 11 is 3.98. The van der Waals surface area contributed by atoms with Gasteiger partial charge in [-0.2, -0.15) is 0 Å². The standard InChI is InChI=1S/C18H18BrNO8S/c1-9(2)28-15(23)7-20-17(24)13(29-18(20)25)6-10-4-11(19)16(12(5-10)26-3)27-8-14(21)22/h4-6,9H,7-8H2,1-3H3,(H,21,22)/b13-6-. The number of carboxylic acid groups (broad SMARTS) is 1. The van der Waals surface area contributed by atoms with Gasteiger partial charge in [0, 0.05) is 0 Å². The molecule has 0 unspecified atom stereocenters. The number of nitrogens with zero attached hydrogens (tertiary/aromatic N) is 1. The van der Waals surface area contributed by atoms with Crippen LogP contribution in [0.15, 0.2) is 21.5 Å². The number of aliphatic carboxylic acids is 1. The van der Waals surface area contributed by atoms with Crippen molar-refractivity contribution in [1.29, 1.82) is 0 Å². The summed E-state index contributed by atoms with van der Waals surface area (Å²) in [5, 5.41) is 8.19. The molecule has 11 heteroatoms. The summed E-state index contributed by atoms with van der Waals surface area (Å²) in [6.07, 6.45) is 1.11. The minimum absolute atomic E-state index is 0.125. The summed E-state index contributed by atoms with van der Waals surface area (Å²) in [4.78, 5) is 48.0. The predicted molar refractivity (Wildman–Crippen MR) is 108 cm³/mol. The Morgan fingerprint density at radius 3 is 2.59 bits per heavy atom. The summed E-state index contributed by atoms with van der Waals surface area (Å²) in [6.45, 7) is 2.32. The van der Waals surface area contributed by atoms with Crippen molar-refractivity contribution in [3.8, 4) is 11.5 Å². The van der Waals surface area contributed by atoms with Crippen molar-refractivity contribution in [2.75, 3.05) is 20.3 Å². The molecule has 0 spiro atoms. The molecular weight excluding hydrogens is 470 g/mol. The zero-order valence-corrected chi connectivity index (χ0v) is 18.2. The molecule has 1 aromatic carbocycles. The summed E-state index contributed by atoms with van der Waals surface area (Å²) in [5.74, 6) is -1.99. The molecular formula is C18H18BrNO8S. The molecule has 0 bridgehead atoms. The quantitative estimate of drug-likeness (QED) is 0.435. The number of halogens is 1. The van der Waals surface area contributed by atoms with Crippen LogP contribution in [0.4, 0.5) is 4.79 Å². The number of ether oxygens (including phenoxy) is 3. The Labute approximate surface area is 179 Å². The van der Waals surface area contributed by atoms with E-state index in [4.69, 9.17) is 19.3 Å². The van der Waals surface area contributed by atoms with E-state index in [1.165, 1.54) is 19.3 Å². The molecule has 2 rings (SSSR count). The maximum atomic E-state index is 12.5. The predicted octanol–water partition coefficient (Wildman–Crippen LogP) is 2.91. The van der Waals surface area contributed by atoms with Crippen LogP contribution in [0.3, 0.4) is 0 Å². The lowest BCUT2D eigenvalue weighted by molar-refractivity contribution is -0.149. The van der Waals surface area contributed by atoms with Crippen molar-refractivity contribution in [3.05, 3.63) is 27.1 Å². The molecule has 1 aliphatic rings. The minimum atomic E-state index is -1.15. The second kappa shape index (κ2) is 9.79. The van der Waals surface area contributed by atoms with Crippen LogP contribution in [0, 0.1) is 0 Å². The largest absolute Gasteiger partial charge is 0.493 e. The normalized spacial score (nSPS) is 15.2. The Kier molecular flexibility index (Phi) is 7.68. The highest BCUT2D eigenvalue weighted by Crippen LogP contribution is 2.39. The van der Waals surface area contributed by atoms with Gasteiger partial charge in [-0.3, -0.25) is 19.3 Å². The number of hydrogen-bond donors (Lipinski definition) is 1. The van der Waals surface area contributed by atoms with Gasteiger partial charge in [-0.1, -0.05) is 0 Å². The van der Waals surface area contributed by atoms with Gasteiger partial charge in [0.05, 0.1) is 22.6 Å². The van der Waals surface area contributed by atoms with Gasteiger partial charge in [-0.05, 0) is 65.3 Å². The Bertz CT molecular complexity index is 883. The van der Waals surface area contributed by atoms with Gasteiger partial charge < -0.3 is 19.3 Å². The topological polar surface area (TPSA) is 119 Å². The van der Waals surface area contributed by atoms with Crippen LogP contribution in [0.2, 0.25) is 0 Å². The van der Waals surface area contributed by atoms with Gasteiger partial charge in [-0.15, -0.1) is 0 Å². The summed E-state index contributed by atoms with van der Waals surface area (Å²) < 4.78 is 15.8. The number of amides is 2. The maximum absolute atomic E-state index is 12.5. The van der Waals surface area contributed by atoms with Crippen molar-refractivity contribution in [1.82, 2.24) is 4.90 Å². The molecule has 1 aliphatic heterocycles. The lowest BCUT2D eigenvalue weighted by Crippen LogP contribution is -2.35. The second-order valence-corrected chi connectivity index (χ2v) is 7.87. The van der Waals surface area contributed by atoms with Crippen LogP contribution in [0.1, 0.15) is 19.4 Å². The highest BCUT2D eigenvalue weighted by molar-refractivity contribution is 9.10. The SMILES string of the molecule is COc1cc(/C=C2\SC(=O)N(CC(=O)OC(C)C)C2=O)cc(Br)c1OCC(=O)O. The third-order valence-corrected chi connectivity index (χ3v) is 4.91. The molecule has 0 atom stereocenters. The Balaban J connectivity index is 2.24. The van der Waals surface area contributed by atoms with Crippen molar-refractivity contribution in [2.45, 2.75) is 20.0 Å². The Morgan fingerprint density at radius 1 is 1.31 bits per heavy atom. The van der Waals surface area contributed by atoms with Crippen LogP contribution < -0.4 is 9.47 Å². The molecule has 1 saturated heterocycles. The number of benzene rings is 1. The molecule has 1 aromatic rings. The highest BCUT2D eigenvalue weighted by Gasteiger charge is 2.36. The van der Waals surface area contributed by atoms with E-state index in [1.807, 2.05) is 0 Å². The van der Waals surface area contributed by atoms with E-state index < -0.39 is 36.2 Å². The molecule has 0 aliphatic carbocycles. The summed E-state index contributed by atoms with van der Waals surface area (Å²) in [5.41, 5.74) is 0.506. The number of imide groups is 1. The van der Waals surface area contributed by atoms with Gasteiger partial charge in [0.1, 0.15) is 6.54 Å². The van der Waals surface area contributed by atoms with Gasteiger partial charge in [-0.25, -0.2) is 4.79 Å².